The van der Waals surface area contributed by atoms with Gasteiger partial charge in [0, 0.05) is 13.0 Å². The zero-order valence-electron chi connectivity index (χ0n) is 13.5. The third kappa shape index (κ3) is 5.14. The molecule has 0 saturated heterocycles. The van der Waals surface area contributed by atoms with Gasteiger partial charge in [-0.15, -0.1) is 0 Å². The molecular weight excluding hydrogens is 254 g/mol. The maximum absolute atomic E-state index is 12.0. The molecule has 1 aliphatic rings. The fourth-order valence-electron chi connectivity index (χ4n) is 3.43. The summed E-state index contributed by atoms with van der Waals surface area (Å²) in [4.78, 5) is 23.0. The number of amides is 1. The highest BCUT2D eigenvalue weighted by Gasteiger charge is 2.33. The van der Waals surface area contributed by atoms with Crippen LogP contribution in [0, 0.1) is 22.7 Å². The molecule has 116 valence electrons. The number of carbonyl (C=O) groups is 2. The minimum Gasteiger partial charge on any atom is -0.481 e. The van der Waals surface area contributed by atoms with E-state index in [9.17, 15) is 9.59 Å². The van der Waals surface area contributed by atoms with Crippen LogP contribution >= 0.6 is 0 Å². The lowest BCUT2D eigenvalue weighted by atomic mass is 9.67. The second-order valence-electron chi connectivity index (χ2n) is 7.95. The Morgan fingerprint density at radius 3 is 2.40 bits per heavy atom. The third-order valence-electron chi connectivity index (χ3n) is 4.26. The average Bonchev–Trinajstić information content (AvgIpc) is 2.23. The maximum Gasteiger partial charge on any atom is 0.310 e. The third-order valence-corrected chi connectivity index (χ3v) is 4.26. The predicted molar refractivity (Wildman–Crippen MR) is 79.3 cm³/mol. The summed E-state index contributed by atoms with van der Waals surface area (Å²) >= 11 is 0. The number of hydrogen-bond acceptors (Lipinski definition) is 2. The van der Waals surface area contributed by atoms with E-state index in [4.69, 9.17) is 5.11 Å². The normalized spacial score (nSPS) is 26.1. The van der Waals surface area contributed by atoms with Gasteiger partial charge in [-0.05, 0) is 50.4 Å². The highest BCUT2D eigenvalue weighted by atomic mass is 16.4. The molecule has 0 aromatic heterocycles. The molecule has 0 spiro atoms. The lowest BCUT2D eigenvalue weighted by molar-refractivity contribution is -0.146. The lowest BCUT2D eigenvalue weighted by Gasteiger charge is -2.38. The van der Waals surface area contributed by atoms with Crippen LogP contribution in [-0.2, 0) is 9.59 Å². The molecule has 2 unspecified atom stereocenters. The summed E-state index contributed by atoms with van der Waals surface area (Å²) in [5, 5.41) is 11.8. The van der Waals surface area contributed by atoms with Gasteiger partial charge in [-0.3, -0.25) is 9.59 Å². The van der Waals surface area contributed by atoms with E-state index in [0.717, 1.165) is 12.8 Å². The largest absolute Gasteiger partial charge is 0.481 e. The van der Waals surface area contributed by atoms with Gasteiger partial charge < -0.3 is 10.4 Å². The number of carbonyl (C=O) groups excluding carboxylic acids is 1. The molecule has 4 heteroatoms. The van der Waals surface area contributed by atoms with Crippen LogP contribution in [0.5, 0.6) is 0 Å². The number of carboxylic acids is 1. The summed E-state index contributed by atoms with van der Waals surface area (Å²) in [7, 11) is 0. The number of nitrogens with one attached hydrogen (secondary N) is 1. The molecule has 20 heavy (non-hydrogen) atoms. The molecule has 4 nitrogen and oxygen atoms in total. The number of carboxylic acid groups (broad SMARTS) is 1. The summed E-state index contributed by atoms with van der Waals surface area (Å²) in [6.45, 7) is 10.2. The van der Waals surface area contributed by atoms with Crippen molar-refractivity contribution in [1.29, 1.82) is 0 Å². The predicted octanol–water partition coefficient (Wildman–Crippen LogP) is 3.07. The molecule has 1 saturated carbocycles. The zero-order valence-corrected chi connectivity index (χ0v) is 13.5. The van der Waals surface area contributed by atoms with E-state index in [1.807, 2.05) is 0 Å². The van der Waals surface area contributed by atoms with Gasteiger partial charge in [-0.2, -0.15) is 0 Å². The van der Waals surface area contributed by atoms with Crippen LogP contribution in [0.4, 0.5) is 0 Å². The van der Waals surface area contributed by atoms with E-state index in [2.05, 4.69) is 26.1 Å². The van der Waals surface area contributed by atoms with Crippen molar-refractivity contribution in [1.82, 2.24) is 5.32 Å². The van der Waals surface area contributed by atoms with Gasteiger partial charge in [-0.1, -0.05) is 20.8 Å². The average molecular weight is 283 g/mol. The Morgan fingerprint density at radius 1 is 1.30 bits per heavy atom. The van der Waals surface area contributed by atoms with Crippen molar-refractivity contribution in [3.8, 4) is 0 Å². The van der Waals surface area contributed by atoms with E-state index >= 15 is 0 Å². The second kappa shape index (κ2) is 6.15. The SMILES string of the molecule is CC1CC(CC(=O)NCC(C)(C)C(=O)O)CC(C)(C)C1. The molecule has 0 bridgehead atoms. The Kier molecular flexibility index (Phi) is 5.22. The first kappa shape index (κ1) is 17.0. The molecule has 1 rings (SSSR count). The summed E-state index contributed by atoms with van der Waals surface area (Å²) < 4.78 is 0. The zero-order chi connectivity index (χ0) is 15.6. The van der Waals surface area contributed by atoms with E-state index in [1.165, 1.54) is 6.42 Å². The first-order valence-corrected chi connectivity index (χ1v) is 7.52. The van der Waals surface area contributed by atoms with Crippen LogP contribution in [0.15, 0.2) is 0 Å². The van der Waals surface area contributed by atoms with Gasteiger partial charge in [0.2, 0.25) is 5.91 Å². The van der Waals surface area contributed by atoms with E-state index in [1.54, 1.807) is 13.8 Å². The Bertz CT molecular complexity index is 374. The molecule has 1 fully saturated rings. The van der Waals surface area contributed by atoms with Crippen LogP contribution in [0.1, 0.15) is 60.3 Å². The lowest BCUT2D eigenvalue weighted by Crippen LogP contribution is -2.40. The highest BCUT2D eigenvalue weighted by Crippen LogP contribution is 2.42. The van der Waals surface area contributed by atoms with Crippen molar-refractivity contribution in [2.45, 2.75) is 60.3 Å². The quantitative estimate of drug-likeness (QED) is 0.815. The van der Waals surface area contributed by atoms with Gasteiger partial charge >= 0.3 is 5.97 Å². The van der Waals surface area contributed by atoms with Crippen molar-refractivity contribution in [3.63, 3.8) is 0 Å². The fourth-order valence-corrected chi connectivity index (χ4v) is 3.43. The van der Waals surface area contributed by atoms with Crippen LogP contribution < -0.4 is 5.32 Å². The summed E-state index contributed by atoms with van der Waals surface area (Å²) in [5.41, 5.74) is -0.599. The smallest absolute Gasteiger partial charge is 0.310 e. The first-order chi connectivity index (χ1) is 9.02. The molecule has 0 aliphatic heterocycles. The Balaban J connectivity index is 2.45. The first-order valence-electron chi connectivity index (χ1n) is 7.52. The van der Waals surface area contributed by atoms with Crippen LogP contribution in [0.3, 0.4) is 0 Å². The van der Waals surface area contributed by atoms with Gasteiger partial charge in [-0.25, -0.2) is 0 Å². The van der Waals surface area contributed by atoms with Crippen molar-refractivity contribution < 1.29 is 14.7 Å². The topological polar surface area (TPSA) is 66.4 Å². The minimum atomic E-state index is -0.908. The highest BCUT2D eigenvalue weighted by molar-refractivity contribution is 5.78. The molecule has 2 atom stereocenters. The van der Waals surface area contributed by atoms with E-state index < -0.39 is 11.4 Å². The summed E-state index contributed by atoms with van der Waals surface area (Å²) in [6.07, 6.45) is 3.91. The molecule has 0 radical (unpaired) electrons. The van der Waals surface area contributed by atoms with E-state index in [0.29, 0.717) is 23.7 Å². The number of aliphatic carboxylic acids is 1. The molecule has 1 amide bonds. The standard InChI is InChI=1S/C16H29NO3/c1-11-6-12(9-15(2,3)8-11)7-13(18)17-10-16(4,5)14(19)20/h11-12H,6-10H2,1-5H3,(H,17,18)(H,19,20). The van der Waals surface area contributed by atoms with Crippen LogP contribution in [0.25, 0.3) is 0 Å². The Morgan fingerprint density at radius 2 is 1.90 bits per heavy atom. The Labute approximate surface area is 122 Å². The minimum absolute atomic E-state index is 0.0192. The summed E-state index contributed by atoms with van der Waals surface area (Å²) in [6, 6.07) is 0. The Hall–Kier alpha value is -1.06. The molecule has 2 N–H and O–H groups in total. The molecule has 0 aromatic carbocycles. The van der Waals surface area contributed by atoms with E-state index in [-0.39, 0.29) is 12.5 Å². The molecule has 0 aromatic rings. The molecular formula is C16H29NO3. The van der Waals surface area contributed by atoms with Gasteiger partial charge in [0.15, 0.2) is 0 Å². The fraction of sp³-hybridized carbons (Fsp3) is 0.875. The molecule has 1 aliphatic carbocycles. The van der Waals surface area contributed by atoms with Crippen molar-refractivity contribution in [2.24, 2.45) is 22.7 Å². The van der Waals surface area contributed by atoms with Gasteiger partial charge in [0.1, 0.15) is 0 Å². The van der Waals surface area contributed by atoms with Crippen LogP contribution in [0.2, 0.25) is 0 Å². The number of hydrogen-bond donors (Lipinski definition) is 2. The van der Waals surface area contributed by atoms with Crippen molar-refractivity contribution >= 4 is 11.9 Å². The summed E-state index contributed by atoms with van der Waals surface area (Å²) in [5.74, 6) is 0.174. The van der Waals surface area contributed by atoms with Gasteiger partial charge in [0.05, 0.1) is 5.41 Å². The number of rotatable bonds is 5. The van der Waals surface area contributed by atoms with Crippen LogP contribution in [-0.4, -0.2) is 23.5 Å². The molecule has 0 heterocycles. The van der Waals surface area contributed by atoms with Gasteiger partial charge in [0.25, 0.3) is 0 Å². The van der Waals surface area contributed by atoms with Crippen molar-refractivity contribution in [2.75, 3.05) is 6.54 Å². The maximum atomic E-state index is 12.0. The second-order valence-corrected chi connectivity index (χ2v) is 7.95. The monoisotopic (exact) mass is 283 g/mol. The van der Waals surface area contributed by atoms with Crippen molar-refractivity contribution in [3.05, 3.63) is 0 Å².